The molecule has 5 atom stereocenters. The van der Waals surface area contributed by atoms with Crippen molar-refractivity contribution < 1.29 is 51.5 Å². The zero-order valence-electron chi connectivity index (χ0n) is 28.2. The second-order valence-electron chi connectivity index (χ2n) is 13.2. The van der Waals surface area contributed by atoms with E-state index in [1.165, 1.54) is 16.4 Å². The number of aliphatic hydroxyl groups excluding tert-OH is 1. The zero-order valence-corrected chi connectivity index (χ0v) is 29.0. The monoisotopic (exact) mass is 705 g/mol. The van der Waals surface area contributed by atoms with Crippen LogP contribution in [0, 0.1) is 11.3 Å². The van der Waals surface area contributed by atoms with Crippen LogP contribution in [0.5, 0.6) is 11.5 Å². The SMILES string of the molecule is CCOC(=O)NCCCC(C)(C)CN(C[C@@H](O)[C@H](Cc1ccccc1)NC(=O)O[C@H]1CO[C@H]2OCC[C@H]21)S(=O)(=O)c1ccc2c(c1)OCO2. The normalized spacial score (nSPS) is 21.2. The predicted molar refractivity (Wildman–Crippen MR) is 177 cm³/mol. The summed E-state index contributed by atoms with van der Waals surface area (Å²) < 4.78 is 62.4. The van der Waals surface area contributed by atoms with Gasteiger partial charge in [0.25, 0.3) is 0 Å². The van der Waals surface area contributed by atoms with Crippen LogP contribution in [0.25, 0.3) is 0 Å². The molecule has 14 nitrogen and oxygen atoms in total. The minimum Gasteiger partial charge on any atom is -0.454 e. The lowest BCUT2D eigenvalue weighted by Gasteiger charge is -2.35. The van der Waals surface area contributed by atoms with Crippen LogP contribution in [0.2, 0.25) is 0 Å². The fourth-order valence-corrected chi connectivity index (χ4v) is 7.95. The molecule has 270 valence electrons. The molecule has 3 N–H and O–H groups in total. The van der Waals surface area contributed by atoms with Crippen LogP contribution in [0.3, 0.4) is 0 Å². The molecule has 0 aliphatic carbocycles. The Labute approximate surface area is 287 Å². The Kier molecular flexibility index (Phi) is 12.3. The highest BCUT2D eigenvalue weighted by molar-refractivity contribution is 7.89. The smallest absolute Gasteiger partial charge is 0.407 e. The summed E-state index contributed by atoms with van der Waals surface area (Å²) in [6, 6.07) is 12.8. The van der Waals surface area contributed by atoms with Crippen molar-refractivity contribution in [1.29, 1.82) is 0 Å². The molecule has 0 saturated carbocycles. The highest BCUT2D eigenvalue weighted by atomic mass is 32.2. The van der Waals surface area contributed by atoms with E-state index in [2.05, 4.69) is 10.6 Å². The minimum atomic E-state index is -4.19. The van der Waals surface area contributed by atoms with Crippen LogP contribution >= 0.6 is 0 Å². The van der Waals surface area contributed by atoms with E-state index in [9.17, 15) is 23.1 Å². The van der Waals surface area contributed by atoms with Crippen LogP contribution < -0.4 is 20.1 Å². The maximum atomic E-state index is 14.3. The lowest BCUT2D eigenvalue weighted by atomic mass is 9.87. The van der Waals surface area contributed by atoms with Crippen LogP contribution in [-0.2, 0) is 35.4 Å². The average molecular weight is 706 g/mol. The van der Waals surface area contributed by atoms with Crippen molar-refractivity contribution in [2.24, 2.45) is 11.3 Å². The number of benzene rings is 2. The Bertz CT molecular complexity index is 1520. The van der Waals surface area contributed by atoms with Gasteiger partial charge in [0.05, 0.1) is 42.8 Å². The number of aliphatic hydroxyl groups is 1. The molecule has 15 heteroatoms. The van der Waals surface area contributed by atoms with Gasteiger partial charge in [-0.15, -0.1) is 0 Å². The summed E-state index contributed by atoms with van der Waals surface area (Å²) in [5.41, 5.74) is 0.253. The van der Waals surface area contributed by atoms with Gasteiger partial charge in [0.15, 0.2) is 17.8 Å². The lowest BCUT2D eigenvalue weighted by Crippen LogP contribution is -2.52. The van der Waals surface area contributed by atoms with Gasteiger partial charge in [0.2, 0.25) is 16.8 Å². The van der Waals surface area contributed by atoms with E-state index < -0.39 is 52.2 Å². The first kappa shape index (κ1) is 36.6. The number of carbonyl (C=O) groups is 2. The third-order valence-electron chi connectivity index (χ3n) is 8.86. The summed E-state index contributed by atoms with van der Waals surface area (Å²) in [5.74, 6) is 0.678. The molecule has 0 radical (unpaired) electrons. The predicted octanol–water partition coefficient (Wildman–Crippen LogP) is 3.42. The number of rotatable bonds is 16. The van der Waals surface area contributed by atoms with Crippen molar-refractivity contribution >= 4 is 22.2 Å². The largest absolute Gasteiger partial charge is 0.454 e. The average Bonchev–Trinajstić information content (AvgIpc) is 3.82. The molecule has 0 unspecified atom stereocenters. The molecule has 2 aromatic rings. The summed E-state index contributed by atoms with van der Waals surface area (Å²) in [6.45, 7) is 6.60. The minimum absolute atomic E-state index is 0.0154. The molecule has 2 aromatic carbocycles. The van der Waals surface area contributed by atoms with E-state index in [1.807, 2.05) is 44.2 Å². The Balaban J connectivity index is 1.34. The number of ether oxygens (including phenoxy) is 6. The number of amides is 2. The third-order valence-corrected chi connectivity index (χ3v) is 10.7. The topological polar surface area (TPSA) is 171 Å². The molecule has 0 aromatic heterocycles. The molecule has 49 heavy (non-hydrogen) atoms. The molecule has 0 spiro atoms. The number of nitrogens with one attached hydrogen (secondary N) is 2. The second-order valence-corrected chi connectivity index (χ2v) is 15.1. The highest BCUT2D eigenvalue weighted by Gasteiger charge is 2.44. The third kappa shape index (κ3) is 9.75. The first-order valence-electron chi connectivity index (χ1n) is 16.7. The van der Waals surface area contributed by atoms with Gasteiger partial charge in [-0.1, -0.05) is 44.2 Å². The summed E-state index contributed by atoms with van der Waals surface area (Å²) in [5, 5.41) is 17.3. The second kappa shape index (κ2) is 16.4. The molecular formula is C34H47N3O11S. The molecule has 3 aliphatic heterocycles. The van der Waals surface area contributed by atoms with Crippen LogP contribution in [0.4, 0.5) is 9.59 Å². The summed E-state index contributed by atoms with van der Waals surface area (Å²) >= 11 is 0. The zero-order chi connectivity index (χ0) is 35.0. The Hall–Kier alpha value is -3.63. The first-order chi connectivity index (χ1) is 23.4. The highest BCUT2D eigenvalue weighted by Crippen LogP contribution is 2.36. The number of hydrogen-bond donors (Lipinski definition) is 3. The van der Waals surface area contributed by atoms with E-state index in [-0.39, 0.29) is 50.3 Å². The van der Waals surface area contributed by atoms with Gasteiger partial charge < -0.3 is 44.2 Å². The van der Waals surface area contributed by atoms with Crippen molar-refractivity contribution in [3.8, 4) is 11.5 Å². The van der Waals surface area contributed by atoms with Crippen LogP contribution in [0.1, 0.15) is 45.6 Å². The van der Waals surface area contributed by atoms with Gasteiger partial charge in [-0.2, -0.15) is 4.31 Å². The number of carbonyl (C=O) groups excluding carboxylic acids is 2. The van der Waals surface area contributed by atoms with Crippen molar-refractivity contribution in [3.63, 3.8) is 0 Å². The van der Waals surface area contributed by atoms with Gasteiger partial charge in [-0.05, 0) is 55.7 Å². The van der Waals surface area contributed by atoms with Gasteiger partial charge in [0, 0.05) is 25.7 Å². The summed E-state index contributed by atoms with van der Waals surface area (Å²) in [6.07, 6.45) is -1.44. The maximum Gasteiger partial charge on any atom is 0.407 e. The Morgan fingerprint density at radius 2 is 1.86 bits per heavy atom. The van der Waals surface area contributed by atoms with Crippen molar-refractivity contribution in [3.05, 3.63) is 54.1 Å². The van der Waals surface area contributed by atoms with Gasteiger partial charge in [-0.25, -0.2) is 18.0 Å². The molecule has 3 aliphatic rings. The summed E-state index contributed by atoms with van der Waals surface area (Å²) in [7, 11) is -4.19. The maximum absolute atomic E-state index is 14.3. The fraction of sp³-hybridized carbons (Fsp3) is 0.588. The Morgan fingerprint density at radius 1 is 1.08 bits per heavy atom. The molecule has 2 saturated heterocycles. The van der Waals surface area contributed by atoms with Gasteiger partial charge in [0.1, 0.15) is 6.10 Å². The van der Waals surface area contributed by atoms with E-state index in [0.29, 0.717) is 43.9 Å². The molecule has 5 rings (SSSR count). The first-order valence-corrected chi connectivity index (χ1v) is 18.1. The van der Waals surface area contributed by atoms with E-state index in [4.69, 9.17) is 28.4 Å². The van der Waals surface area contributed by atoms with E-state index in [1.54, 1.807) is 13.0 Å². The van der Waals surface area contributed by atoms with Gasteiger partial charge >= 0.3 is 12.2 Å². The molecule has 2 amide bonds. The van der Waals surface area contributed by atoms with Crippen LogP contribution in [0.15, 0.2) is 53.4 Å². The lowest BCUT2D eigenvalue weighted by molar-refractivity contribution is -0.0907. The van der Waals surface area contributed by atoms with Crippen molar-refractivity contribution in [2.45, 2.75) is 75.9 Å². The molecular weight excluding hydrogens is 658 g/mol. The standard InChI is InChI=1S/C34H47N3O11S/c1-4-43-32(39)35-15-8-14-34(2,3)21-37(49(41,42)24-11-12-28-29(18-24)47-22-46-28)19-27(38)26(17-23-9-6-5-7-10-23)36-33(40)48-30-20-45-31-25(30)13-16-44-31/h5-7,9-12,18,25-27,30-31,38H,4,8,13-17,19-22H2,1-3H3,(H,35,39)(H,36,40)/t25-,26-,27+,30-,31+/m0/s1. The Morgan fingerprint density at radius 3 is 2.63 bits per heavy atom. The molecule has 0 bridgehead atoms. The van der Waals surface area contributed by atoms with E-state index >= 15 is 0 Å². The number of hydrogen-bond acceptors (Lipinski definition) is 11. The van der Waals surface area contributed by atoms with Crippen molar-refractivity contribution in [2.75, 3.05) is 46.2 Å². The van der Waals surface area contributed by atoms with E-state index in [0.717, 1.165) is 5.56 Å². The van der Waals surface area contributed by atoms with Gasteiger partial charge in [-0.3, -0.25) is 0 Å². The number of alkyl carbamates (subject to hydrolysis) is 2. The number of fused-ring (bicyclic) bond motifs is 2. The van der Waals surface area contributed by atoms with Crippen molar-refractivity contribution in [1.82, 2.24) is 14.9 Å². The fourth-order valence-electron chi connectivity index (χ4n) is 6.29. The summed E-state index contributed by atoms with van der Waals surface area (Å²) in [4.78, 5) is 24.9. The number of nitrogens with zero attached hydrogens (tertiary/aromatic N) is 1. The number of sulfonamides is 1. The molecule has 2 fully saturated rings. The quantitative estimate of drug-likeness (QED) is 0.219. The van der Waals surface area contributed by atoms with Crippen LogP contribution in [-0.4, -0.2) is 101 Å². The molecule has 3 heterocycles.